The molecule has 1 aromatic heterocycles. The first-order valence-corrected chi connectivity index (χ1v) is 8.85. The van der Waals surface area contributed by atoms with E-state index >= 15 is 0 Å². The summed E-state index contributed by atoms with van der Waals surface area (Å²) in [7, 11) is 0. The van der Waals surface area contributed by atoms with Crippen LogP contribution in [0, 0.1) is 0 Å². The maximum Gasteiger partial charge on any atom is 0.234 e. The molecule has 23 heavy (non-hydrogen) atoms. The van der Waals surface area contributed by atoms with Crippen LogP contribution in [0.15, 0.2) is 35.7 Å². The van der Waals surface area contributed by atoms with Crippen LogP contribution in [0.2, 0.25) is 0 Å². The average Bonchev–Trinajstić information content (AvgIpc) is 3.23. The molecule has 2 aromatic rings. The predicted octanol–water partition coefficient (Wildman–Crippen LogP) is 3.64. The van der Waals surface area contributed by atoms with Gasteiger partial charge in [-0.05, 0) is 29.9 Å². The Morgan fingerprint density at radius 1 is 1.35 bits per heavy atom. The maximum absolute atomic E-state index is 12.3. The summed E-state index contributed by atoms with van der Waals surface area (Å²) in [6, 6.07) is 8.49. The Hall–Kier alpha value is -1.82. The van der Waals surface area contributed by atoms with Crippen molar-refractivity contribution in [1.29, 1.82) is 0 Å². The molecule has 0 radical (unpaired) electrons. The summed E-state index contributed by atoms with van der Waals surface area (Å²) >= 11 is 1.44. The van der Waals surface area contributed by atoms with E-state index in [1.54, 1.807) is 6.33 Å². The molecule has 0 bridgehead atoms. The lowest BCUT2D eigenvalue weighted by atomic mass is 9.86. The molecule has 0 spiro atoms. The summed E-state index contributed by atoms with van der Waals surface area (Å²) in [6.07, 6.45) is 4.11. The van der Waals surface area contributed by atoms with E-state index in [9.17, 15) is 4.79 Å². The normalized spacial score (nSPS) is 14.7. The van der Waals surface area contributed by atoms with Crippen molar-refractivity contribution in [2.75, 3.05) is 11.1 Å². The number of benzene rings is 1. The monoisotopic (exact) mass is 330 g/mol. The molecule has 1 aliphatic rings. The van der Waals surface area contributed by atoms with Crippen molar-refractivity contribution in [1.82, 2.24) is 14.8 Å². The van der Waals surface area contributed by atoms with E-state index in [2.05, 4.69) is 46.9 Å². The van der Waals surface area contributed by atoms with E-state index < -0.39 is 0 Å². The van der Waals surface area contributed by atoms with Crippen LogP contribution in [0.3, 0.4) is 0 Å². The van der Waals surface area contributed by atoms with Crippen molar-refractivity contribution >= 4 is 23.4 Å². The number of rotatable bonds is 5. The standard InChI is InChI=1S/C17H22N4OS/c1-17(2,3)13-6-4-5-7-14(13)19-15(22)10-23-16-20-18-11-21(16)12-8-9-12/h4-7,11-12H,8-10H2,1-3H3,(H,19,22). The molecule has 0 atom stereocenters. The van der Waals surface area contributed by atoms with E-state index in [4.69, 9.17) is 0 Å². The molecule has 1 aromatic carbocycles. The Bertz CT molecular complexity index is 701. The first-order chi connectivity index (χ1) is 10.9. The van der Waals surface area contributed by atoms with Gasteiger partial charge in [0.2, 0.25) is 5.91 Å². The minimum atomic E-state index is -0.0166. The van der Waals surface area contributed by atoms with Gasteiger partial charge in [-0.15, -0.1) is 10.2 Å². The summed E-state index contributed by atoms with van der Waals surface area (Å²) in [5.74, 6) is 0.321. The van der Waals surface area contributed by atoms with E-state index in [0.717, 1.165) is 16.4 Å². The lowest BCUT2D eigenvalue weighted by Crippen LogP contribution is -2.20. The third-order valence-electron chi connectivity index (χ3n) is 3.82. The maximum atomic E-state index is 12.3. The van der Waals surface area contributed by atoms with E-state index in [0.29, 0.717) is 11.8 Å². The molecule has 0 saturated heterocycles. The van der Waals surface area contributed by atoms with Crippen LogP contribution < -0.4 is 5.32 Å². The van der Waals surface area contributed by atoms with Crippen LogP contribution in [0.4, 0.5) is 5.69 Å². The van der Waals surface area contributed by atoms with Crippen molar-refractivity contribution < 1.29 is 4.79 Å². The first-order valence-electron chi connectivity index (χ1n) is 7.87. The molecule has 1 heterocycles. The number of nitrogens with one attached hydrogen (secondary N) is 1. The van der Waals surface area contributed by atoms with Crippen LogP contribution >= 0.6 is 11.8 Å². The Labute approximate surface area is 140 Å². The fourth-order valence-corrected chi connectivity index (χ4v) is 3.28. The molecule has 0 unspecified atom stereocenters. The van der Waals surface area contributed by atoms with Gasteiger partial charge < -0.3 is 9.88 Å². The number of anilines is 1. The van der Waals surface area contributed by atoms with Gasteiger partial charge in [-0.2, -0.15) is 0 Å². The highest BCUT2D eigenvalue weighted by Crippen LogP contribution is 2.37. The topological polar surface area (TPSA) is 59.8 Å². The van der Waals surface area contributed by atoms with Crippen LogP contribution in [0.1, 0.15) is 45.2 Å². The molecule has 6 heteroatoms. The van der Waals surface area contributed by atoms with Crippen molar-refractivity contribution in [3.8, 4) is 0 Å². The van der Waals surface area contributed by atoms with Gasteiger partial charge in [0.1, 0.15) is 6.33 Å². The van der Waals surface area contributed by atoms with Crippen LogP contribution in [0.5, 0.6) is 0 Å². The quantitative estimate of drug-likeness (QED) is 0.850. The minimum Gasteiger partial charge on any atom is -0.325 e. The van der Waals surface area contributed by atoms with E-state index in [1.165, 1.54) is 24.6 Å². The van der Waals surface area contributed by atoms with Gasteiger partial charge in [-0.25, -0.2) is 0 Å². The Kier molecular flexibility index (Phi) is 4.43. The fraction of sp³-hybridized carbons (Fsp3) is 0.471. The smallest absolute Gasteiger partial charge is 0.234 e. The third-order valence-corrected chi connectivity index (χ3v) is 4.78. The second kappa shape index (κ2) is 6.35. The Morgan fingerprint density at radius 3 is 2.78 bits per heavy atom. The molecule has 3 rings (SSSR count). The largest absolute Gasteiger partial charge is 0.325 e. The Balaban J connectivity index is 1.63. The molecule has 1 N–H and O–H groups in total. The number of aromatic nitrogens is 3. The molecule has 1 fully saturated rings. The molecule has 1 aliphatic carbocycles. The van der Waals surface area contributed by atoms with E-state index in [1.807, 2.05) is 18.2 Å². The van der Waals surface area contributed by atoms with Crippen LogP contribution in [-0.2, 0) is 10.2 Å². The van der Waals surface area contributed by atoms with Gasteiger partial charge in [0.25, 0.3) is 0 Å². The summed E-state index contributed by atoms with van der Waals surface area (Å²) in [5, 5.41) is 11.9. The predicted molar refractivity (Wildman–Crippen MR) is 92.8 cm³/mol. The number of carbonyl (C=O) groups is 1. The van der Waals surface area contributed by atoms with Gasteiger partial charge >= 0.3 is 0 Å². The summed E-state index contributed by atoms with van der Waals surface area (Å²) in [4.78, 5) is 12.3. The average molecular weight is 330 g/mol. The van der Waals surface area contributed by atoms with Gasteiger partial charge in [0, 0.05) is 11.7 Å². The van der Waals surface area contributed by atoms with Gasteiger partial charge in [-0.1, -0.05) is 50.7 Å². The Morgan fingerprint density at radius 2 is 2.09 bits per heavy atom. The number of carbonyl (C=O) groups excluding carboxylic acids is 1. The lowest BCUT2D eigenvalue weighted by molar-refractivity contribution is -0.113. The summed E-state index contributed by atoms with van der Waals surface area (Å²) < 4.78 is 2.07. The van der Waals surface area contributed by atoms with Crippen LogP contribution in [-0.4, -0.2) is 26.4 Å². The zero-order valence-corrected chi connectivity index (χ0v) is 14.6. The highest BCUT2D eigenvalue weighted by molar-refractivity contribution is 7.99. The number of nitrogens with zero attached hydrogens (tertiary/aromatic N) is 3. The molecule has 5 nitrogen and oxygen atoms in total. The van der Waals surface area contributed by atoms with Gasteiger partial charge in [-0.3, -0.25) is 4.79 Å². The summed E-state index contributed by atoms with van der Waals surface area (Å²) in [5.41, 5.74) is 2.01. The van der Waals surface area contributed by atoms with Gasteiger partial charge in [0.05, 0.1) is 5.75 Å². The molecular formula is C17H22N4OS. The van der Waals surface area contributed by atoms with Crippen molar-refractivity contribution in [3.63, 3.8) is 0 Å². The highest BCUT2D eigenvalue weighted by Gasteiger charge is 2.26. The molecule has 1 amide bonds. The second-order valence-electron chi connectivity index (χ2n) is 6.88. The molecule has 122 valence electrons. The molecule has 1 saturated carbocycles. The van der Waals surface area contributed by atoms with Crippen molar-refractivity contribution in [3.05, 3.63) is 36.2 Å². The molecular weight excluding hydrogens is 308 g/mol. The van der Waals surface area contributed by atoms with Gasteiger partial charge in [0.15, 0.2) is 5.16 Å². The zero-order chi connectivity index (χ0) is 16.4. The van der Waals surface area contributed by atoms with Crippen LogP contribution in [0.25, 0.3) is 0 Å². The number of thioether (sulfide) groups is 1. The zero-order valence-electron chi connectivity index (χ0n) is 13.7. The highest BCUT2D eigenvalue weighted by atomic mass is 32.2. The fourth-order valence-electron chi connectivity index (χ4n) is 2.50. The van der Waals surface area contributed by atoms with E-state index in [-0.39, 0.29) is 11.3 Å². The van der Waals surface area contributed by atoms with Crippen molar-refractivity contribution in [2.24, 2.45) is 0 Å². The lowest BCUT2D eigenvalue weighted by Gasteiger charge is -2.22. The second-order valence-corrected chi connectivity index (χ2v) is 7.83. The number of hydrogen-bond donors (Lipinski definition) is 1. The number of amides is 1. The molecule has 0 aliphatic heterocycles. The summed E-state index contributed by atoms with van der Waals surface area (Å²) in [6.45, 7) is 6.43. The minimum absolute atomic E-state index is 0.0107. The number of para-hydroxylation sites is 1. The first kappa shape index (κ1) is 16.1. The number of hydrogen-bond acceptors (Lipinski definition) is 4. The van der Waals surface area contributed by atoms with Crippen molar-refractivity contribution in [2.45, 2.75) is 50.2 Å². The third kappa shape index (κ3) is 3.93. The SMILES string of the molecule is CC(C)(C)c1ccccc1NC(=O)CSc1nncn1C1CC1.